The Balaban J connectivity index is 3.88. The number of amides is 5. The maximum Gasteiger partial charge on any atom is 0.442 e. The molecule has 0 bridgehead atoms. The van der Waals surface area contributed by atoms with Gasteiger partial charge in [-0.2, -0.15) is 0 Å². The summed E-state index contributed by atoms with van der Waals surface area (Å²) in [6.45, 7) is 0. The molecule has 0 saturated carbocycles. The minimum absolute atomic E-state index is 1.17. The van der Waals surface area contributed by atoms with Gasteiger partial charge in [0.2, 0.25) is 0 Å². The van der Waals surface area contributed by atoms with Crippen LogP contribution in [0, 0.1) is 0 Å². The summed E-state index contributed by atoms with van der Waals surface area (Å²) in [5, 5.41) is 6.01. The smallest absolute Gasteiger partial charge is 0.351 e. The van der Waals surface area contributed by atoms with E-state index in [9.17, 15) is 18.8 Å². The highest BCUT2D eigenvalue weighted by Gasteiger charge is 2.01. The Kier molecular flexibility index (Phi) is 3.35. The Morgan fingerprint density at radius 1 is 1.27 bits per heavy atom. The number of halogens is 1. The third kappa shape index (κ3) is 6.02. The van der Waals surface area contributed by atoms with Gasteiger partial charge in [-0.15, -0.1) is 4.39 Å². The van der Waals surface area contributed by atoms with Gasteiger partial charge in [0.1, 0.15) is 0 Å². The molecule has 0 saturated heterocycles. The number of carbonyl (C=O) groups excluding carboxylic acids is 3. The van der Waals surface area contributed by atoms with Gasteiger partial charge in [0.25, 0.3) is 0 Å². The van der Waals surface area contributed by atoms with Crippen LogP contribution in [0.15, 0.2) is 10.2 Å². The molecule has 0 unspecified atom stereocenters. The van der Waals surface area contributed by atoms with Crippen LogP contribution in [-0.2, 0) is 0 Å². The fraction of sp³-hybridized carbons (Fsp3) is 0. The van der Waals surface area contributed by atoms with Crippen LogP contribution in [0.1, 0.15) is 0 Å². The van der Waals surface area contributed by atoms with Gasteiger partial charge < -0.3 is 5.73 Å². The molecule has 0 aliphatic rings. The van der Waals surface area contributed by atoms with Crippen molar-refractivity contribution in [2.45, 2.75) is 0 Å². The van der Waals surface area contributed by atoms with Gasteiger partial charge in [0, 0.05) is 0 Å². The Morgan fingerprint density at radius 3 is 2.18 bits per heavy atom. The molecule has 7 nitrogen and oxygen atoms in total. The molecular formula is C3H3FN4O3. The molecule has 5 amide bonds. The largest absolute Gasteiger partial charge is 0.442 e. The van der Waals surface area contributed by atoms with E-state index >= 15 is 0 Å². The van der Waals surface area contributed by atoms with E-state index in [0.29, 0.717) is 0 Å². The molecule has 11 heavy (non-hydrogen) atoms. The average Bonchev–Trinajstić information content (AvgIpc) is 1.82. The highest BCUT2D eigenvalue weighted by Crippen LogP contribution is 1.82. The van der Waals surface area contributed by atoms with Gasteiger partial charge in [-0.3, -0.25) is 5.32 Å². The number of nitrogens with zero attached hydrogens (tertiary/aromatic N) is 2. The van der Waals surface area contributed by atoms with Crippen LogP contribution in [0.3, 0.4) is 0 Å². The summed E-state index contributed by atoms with van der Waals surface area (Å²) in [5.41, 5.74) is 4.45. The zero-order valence-electron chi connectivity index (χ0n) is 5.07. The van der Waals surface area contributed by atoms with Crippen molar-refractivity contribution in [1.82, 2.24) is 5.32 Å². The molecule has 0 heterocycles. The topological polar surface area (TPSA) is 114 Å². The Hall–Kier alpha value is -1.86. The normalized spacial score (nSPS) is 9.55. The molecule has 0 fully saturated rings. The molecule has 0 aliphatic heterocycles. The standard InChI is InChI=1S/C3H3FN4O3/c4-1(9)7-8-3(11)6-2(5)10/h(H3,5,6,10,11)/b8-7-. The maximum absolute atomic E-state index is 11.2. The average molecular weight is 162 g/mol. The van der Waals surface area contributed by atoms with E-state index in [4.69, 9.17) is 0 Å². The third-order valence-electron chi connectivity index (χ3n) is 0.450. The van der Waals surface area contributed by atoms with Crippen LogP contribution in [0.5, 0.6) is 0 Å². The molecule has 0 spiro atoms. The van der Waals surface area contributed by atoms with Crippen molar-refractivity contribution in [3.63, 3.8) is 0 Å². The second kappa shape index (κ2) is 4.04. The predicted octanol–water partition coefficient (Wildman–Crippen LogP) is 0.316. The van der Waals surface area contributed by atoms with Gasteiger partial charge in [-0.1, -0.05) is 10.2 Å². The molecule has 0 rings (SSSR count). The van der Waals surface area contributed by atoms with Crippen LogP contribution >= 0.6 is 0 Å². The lowest BCUT2D eigenvalue weighted by molar-refractivity contribution is 0.225. The Labute approximate surface area is 59.5 Å². The third-order valence-corrected chi connectivity index (χ3v) is 0.450. The molecule has 3 N–H and O–H groups in total. The molecule has 0 atom stereocenters. The van der Waals surface area contributed by atoms with Crippen molar-refractivity contribution in [1.29, 1.82) is 0 Å². The minimum Gasteiger partial charge on any atom is -0.351 e. The van der Waals surface area contributed by atoms with Gasteiger partial charge >= 0.3 is 18.2 Å². The highest BCUT2D eigenvalue weighted by atomic mass is 19.1. The van der Waals surface area contributed by atoms with Crippen molar-refractivity contribution >= 4 is 18.2 Å². The molecule has 60 valence electrons. The summed E-state index contributed by atoms with van der Waals surface area (Å²) in [6.07, 6.45) is -2.13. The summed E-state index contributed by atoms with van der Waals surface area (Å²) >= 11 is 0. The van der Waals surface area contributed by atoms with Gasteiger partial charge in [0.15, 0.2) is 0 Å². The molecule has 0 aromatic heterocycles. The van der Waals surface area contributed by atoms with Gasteiger partial charge in [-0.25, -0.2) is 14.4 Å². The number of hydrogen-bond acceptors (Lipinski definition) is 3. The second-order valence-corrected chi connectivity index (χ2v) is 1.25. The van der Waals surface area contributed by atoms with Crippen LogP contribution < -0.4 is 11.1 Å². The Morgan fingerprint density at radius 2 is 1.82 bits per heavy atom. The summed E-state index contributed by atoms with van der Waals surface area (Å²) in [5.74, 6) is 0. The van der Waals surface area contributed by atoms with Crippen molar-refractivity contribution in [3.8, 4) is 0 Å². The lowest BCUT2D eigenvalue weighted by atomic mass is 10.9. The summed E-state index contributed by atoms with van der Waals surface area (Å²) in [4.78, 5) is 29.4. The quantitative estimate of drug-likeness (QED) is 0.303. The van der Waals surface area contributed by atoms with Crippen molar-refractivity contribution in [3.05, 3.63) is 0 Å². The van der Waals surface area contributed by atoms with Gasteiger partial charge in [0.05, 0.1) is 0 Å². The minimum atomic E-state index is -2.13. The number of urea groups is 2. The summed E-state index contributed by atoms with van der Waals surface area (Å²) < 4.78 is 11.2. The van der Waals surface area contributed by atoms with Crippen LogP contribution in [0.4, 0.5) is 18.8 Å². The van der Waals surface area contributed by atoms with E-state index < -0.39 is 18.2 Å². The summed E-state index contributed by atoms with van der Waals surface area (Å²) in [7, 11) is 0. The SMILES string of the molecule is NC(=O)NC(=O)/N=N\C(=O)F. The number of azo groups is 1. The number of primary amides is 1. The van der Waals surface area contributed by atoms with Crippen molar-refractivity contribution in [2.75, 3.05) is 0 Å². The van der Waals surface area contributed by atoms with E-state index in [2.05, 4.69) is 16.0 Å². The first kappa shape index (κ1) is 9.14. The number of imide groups is 1. The first-order valence-corrected chi connectivity index (χ1v) is 2.24. The number of rotatable bonds is 0. The Bertz CT molecular complexity index is 225. The van der Waals surface area contributed by atoms with Crippen LogP contribution in [0.25, 0.3) is 0 Å². The lowest BCUT2D eigenvalue weighted by Gasteiger charge is -1.88. The van der Waals surface area contributed by atoms with Crippen molar-refractivity contribution in [2.24, 2.45) is 16.0 Å². The fourth-order valence-electron chi connectivity index (χ4n) is 0.215. The van der Waals surface area contributed by atoms with E-state index in [1.165, 1.54) is 5.32 Å². The zero-order valence-corrected chi connectivity index (χ0v) is 5.07. The number of hydrogen-bond donors (Lipinski definition) is 2. The molecule has 8 heteroatoms. The number of nitrogens with one attached hydrogen (secondary N) is 1. The number of carbonyl (C=O) groups is 3. The lowest BCUT2D eigenvalue weighted by Crippen LogP contribution is -2.32. The van der Waals surface area contributed by atoms with Crippen molar-refractivity contribution < 1.29 is 18.8 Å². The van der Waals surface area contributed by atoms with Crippen LogP contribution in [0.2, 0.25) is 0 Å². The van der Waals surface area contributed by atoms with E-state index in [-0.39, 0.29) is 0 Å². The fourth-order valence-corrected chi connectivity index (χ4v) is 0.215. The molecule has 0 aliphatic carbocycles. The second-order valence-electron chi connectivity index (χ2n) is 1.25. The first-order chi connectivity index (χ1) is 5.02. The molecule has 0 radical (unpaired) electrons. The monoisotopic (exact) mass is 162 g/mol. The first-order valence-electron chi connectivity index (χ1n) is 2.24. The van der Waals surface area contributed by atoms with E-state index in [1.807, 2.05) is 0 Å². The highest BCUT2D eigenvalue weighted by molar-refractivity contribution is 5.93. The summed E-state index contributed by atoms with van der Waals surface area (Å²) in [6, 6.07) is -2.47. The maximum atomic E-state index is 11.2. The predicted molar refractivity (Wildman–Crippen MR) is 29.5 cm³/mol. The zero-order chi connectivity index (χ0) is 8.85. The van der Waals surface area contributed by atoms with E-state index in [0.717, 1.165) is 0 Å². The van der Waals surface area contributed by atoms with Gasteiger partial charge in [-0.05, 0) is 0 Å². The molecule has 0 aromatic rings. The van der Waals surface area contributed by atoms with Crippen LogP contribution in [-0.4, -0.2) is 18.2 Å². The molecular weight excluding hydrogens is 159 g/mol. The molecule has 0 aromatic carbocycles. The number of nitrogens with two attached hydrogens (primary N) is 1. The van der Waals surface area contributed by atoms with E-state index in [1.54, 1.807) is 0 Å².